The van der Waals surface area contributed by atoms with Gasteiger partial charge in [-0.05, 0) is 6.42 Å². The van der Waals surface area contributed by atoms with Gasteiger partial charge < -0.3 is 14.6 Å². The lowest BCUT2D eigenvalue weighted by Crippen LogP contribution is -2.23. The van der Waals surface area contributed by atoms with Crippen LogP contribution in [0.5, 0.6) is 0 Å². The Morgan fingerprint density at radius 1 is 1.62 bits per heavy atom. The number of hydrogen-bond acceptors (Lipinski definition) is 4. The molecule has 0 heterocycles. The van der Waals surface area contributed by atoms with Gasteiger partial charge in [-0.25, -0.2) is 4.79 Å². The maximum atomic E-state index is 10.6. The van der Waals surface area contributed by atoms with E-state index in [0.29, 0.717) is 6.61 Å². The Morgan fingerprint density at radius 3 is 2.85 bits per heavy atom. The van der Waals surface area contributed by atoms with Crippen LogP contribution >= 0.6 is 0 Å². The zero-order valence-electron chi connectivity index (χ0n) is 7.86. The summed E-state index contributed by atoms with van der Waals surface area (Å²) in [4.78, 5) is 10.6. The minimum atomic E-state index is -0.754. The topological polar surface area (TPSA) is 55.8 Å². The molecule has 0 aromatic heterocycles. The van der Waals surface area contributed by atoms with Gasteiger partial charge in [-0.3, -0.25) is 0 Å². The second-order valence-corrected chi connectivity index (χ2v) is 2.56. The third-order valence-electron chi connectivity index (χ3n) is 1.24. The van der Waals surface area contributed by atoms with Gasteiger partial charge in [-0.1, -0.05) is 13.5 Å². The van der Waals surface area contributed by atoms with Crippen molar-refractivity contribution in [3.63, 3.8) is 0 Å². The third-order valence-corrected chi connectivity index (χ3v) is 1.24. The first kappa shape index (κ1) is 12.1. The number of ether oxygens (including phenoxy) is 2. The molecule has 4 heteroatoms. The van der Waals surface area contributed by atoms with Crippen LogP contribution in [0.4, 0.5) is 0 Å². The number of aliphatic hydroxyl groups excluding tert-OH is 1. The molecule has 4 nitrogen and oxygen atoms in total. The summed E-state index contributed by atoms with van der Waals surface area (Å²) in [5, 5.41) is 9.18. The maximum absolute atomic E-state index is 10.6. The Kier molecular flexibility index (Phi) is 7.24. The van der Waals surface area contributed by atoms with Gasteiger partial charge in [0.25, 0.3) is 0 Å². The molecule has 0 aliphatic rings. The minimum Gasteiger partial charge on any atom is -0.460 e. The zero-order chi connectivity index (χ0) is 10.1. The van der Waals surface area contributed by atoms with Gasteiger partial charge in [0.05, 0.1) is 6.61 Å². The highest BCUT2D eigenvalue weighted by Crippen LogP contribution is 1.90. The molecule has 0 bridgehead atoms. The van der Waals surface area contributed by atoms with Crippen molar-refractivity contribution in [1.29, 1.82) is 0 Å². The number of aliphatic hydroxyl groups is 1. The fourth-order valence-corrected chi connectivity index (χ4v) is 0.649. The highest BCUT2D eigenvalue weighted by Gasteiger charge is 2.06. The average molecular weight is 188 g/mol. The Labute approximate surface area is 78.2 Å². The molecule has 0 rings (SSSR count). The smallest absolute Gasteiger partial charge is 0.330 e. The summed E-state index contributed by atoms with van der Waals surface area (Å²) in [7, 11) is 0. The first-order valence-corrected chi connectivity index (χ1v) is 4.25. The van der Waals surface area contributed by atoms with Crippen LogP contribution in [0.25, 0.3) is 0 Å². The summed E-state index contributed by atoms with van der Waals surface area (Å²) in [6.45, 7) is 5.95. The largest absolute Gasteiger partial charge is 0.460 e. The van der Waals surface area contributed by atoms with Crippen LogP contribution in [-0.4, -0.2) is 37.0 Å². The van der Waals surface area contributed by atoms with Crippen LogP contribution in [-0.2, 0) is 14.3 Å². The van der Waals surface area contributed by atoms with E-state index in [1.807, 2.05) is 6.92 Å². The van der Waals surface area contributed by atoms with Gasteiger partial charge in [0.15, 0.2) is 0 Å². The lowest BCUT2D eigenvalue weighted by atomic mass is 10.4. The molecule has 76 valence electrons. The van der Waals surface area contributed by atoms with Crippen LogP contribution in [0, 0.1) is 0 Å². The first-order valence-electron chi connectivity index (χ1n) is 4.25. The van der Waals surface area contributed by atoms with Crippen molar-refractivity contribution >= 4 is 5.97 Å². The number of esters is 1. The van der Waals surface area contributed by atoms with Crippen LogP contribution in [0.15, 0.2) is 12.7 Å². The second kappa shape index (κ2) is 7.76. The third kappa shape index (κ3) is 7.49. The van der Waals surface area contributed by atoms with Gasteiger partial charge in [0, 0.05) is 12.7 Å². The summed E-state index contributed by atoms with van der Waals surface area (Å²) >= 11 is 0. The molecule has 0 aliphatic carbocycles. The van der Waals surface area contributed by atoms with Crippen LogP contribution < -0.4 is 0 Å². The quantitative estimate of drug-likeness (QED) is 0.359. The molecule has 0 aromatic rings. The molecule has 1 unspecified atom stereocenters. The number of hydrogen-bond donors (Lipinski definition) is 1. The van der Waals surface area contributed by atoms with Crippen LogP contribution in [0.1, 0.15) is 13.3 Å². The van der Waals surface area contributed by atoms with Crippen molar-refractivity contribution in [2.24, 2.45) is 0 Å². The Hall–Kier alpha value is -0.870. The van der Waals surface area contributed by atoms with Crippen molar-refractivity contribution in [3.05, 3.63) is 12.7 Å². The average Bonchev–Trinajstić information content (AvgIpc) is 2.14. The van der Waals surface area contributed by atoms with Gasteiger partial charge in [-0.2, -0.15) is 0 Å². The molecule has 1 N–H and O–H groups in total. The van der Waals surface area contributed by atoms with E-state index in [2.05, 4.69) is 11.3 Å². The molecule has 0 radical (unpaired) electrons. The molecule has 0 saturated heterocycles. The maximum Gasteiger partial charge on any atom is 0.330 e. The number of carbonyl (C=O) groups excluding carboxylic acids is 1. The summed E-state index contributed by atoms with van der Waals surface area (Å²) in [6.07, 6.45) is 1.20. The Morgan fingerprint density at radius 2 is 2.31 bits per heavy atom. The van der Waals surface area contributed by atoms with Crippen molar-refractivity contribution in [1.82, 2.24) is 0 Å². The highest BCUT2D eigenvalue weighted by molar-refractivity contribution is 5.81. The monoisotopic (exact) mass is 188 g/mol. The summed E-state index contributed by atoms with van der Waals surface area (Å²) < 4.78 is 9.64. The molecular weight excluding hydrogens is 172 g/mol. The predicted octanol–water partition coefficient (Wildman–Crippen LogP) is 0.503. The van der Waals surface area contributed by atoms with Gasteiger partial charge in [-0.15, -0.1) is 0 Å². The SMILES string of the molecule is C=CC(=O)OCC(O)COCCC. The Balaban J connectivity index is 3.34. The van der Waals surface area contributed by atoms with E-state index in [0.717, 1.165) is 12.5 Å². The van der Waals surface area contributed by atoms with E-state index >= 15 is 0 Å². The second-order valence-electron chi connectivity index (χ2n) is 2.56. The van der Waals surface area contributed by atoms with Crippen molar-refractivity contribution in [2.75, 3.05) is 19.8 Å². The van der Waals surface area contributed by atoms with Crippen molar-refractivity contribution in [2.45, 2.75) is 19.4 Å². The summed E-state index contributed by atoms with van der Waals surface area (Å²) in [5.74, 6) is -0.533. The van der Waals surface area contributed by atoms with E-state index in [9.17, 15) is 9.90 Å². The van der Waals surface area contributed by atoms with E-state index in [4.69, 9.17) is 4.74 Å². The zero-order valence-corrected chi connectivity index (χ0v) is 7.86. The van der Waals surface area contributed by atoms with E-state index in [-0.39, 0.29) is 13.2 Å². The Bertz CT molecular complexity index is 156. The van der Waals surface area contributed by atoms with Gasteiger partial charge >= 0.3 is 5.97 Å². The molecule has 13 heavy (non-hydrogen) atoms. The first-order chi connectivity index (χ1) is 6.20. The fourth-order valence-electron chi connectivity index (χ4n) is 0.649. The van der Waals surface area contributed by atoms with E-state index < -0.39 is 12.1 Å². The summed E-state index contributed by atoms with van der Waals surface area (Å²) in [5.41, 5.74) is 0. The van der Waals surface area contributed by atoms with Crippen LogP contribution in [0.2, 0.25) is 0 Å². The lowest BCUT2D eigenvalue weighted by Gasteiger charge is -2.10. The van der Waals surface area contributed by atoms with Gasteiger partial charge in [0.1, 0.15) is 12.7 Å². The van der Waals surface area contributed by atoms with Gasteiger partial charge in [0.2, 0.25) is 0 Å². The molecule has 0 amide bonds. The van der Waals surface area contributed by atoms with E-state index in [1.54, 1.807) is 0 Å². The molecular formula is C9H16O4. The van der Waals surface area contributed by atoms with E-state index in [1.165, 1.54) is 0 Å². The molecule has 0 aromatic carbocycles. The number of carbonyl (C=O) groups is 1. The molecule has 0 spiro atoms. The fraction of sp³-hybridized carbons (Fsp3) is 0.667. The molecule has 0 saturated carbocycles. The predicted molar refractivity (Wildman–Crippen MR) is 48.3 cm³/mol. The van der Waals surface area contributed by atoms with Crippen molar-refractivity contribution in [3.8, 4) is 0 Å². The normalized spacial score (nSPS) is 12.2. The minimum absolute atomic E-state index is 0.0471. The van der Waals surface area contributed by atoms with Crippen LogP contribution in [0.3, 0.4) is 0 Å². The molecule has 1 atom stereocenters. The lowest BCUT2D eigenvalue weighted by molar-refractivity contribution is -0.141. The molecule has 0 fully saturated rings. The summed E-state index contributed by atoms with van der Waals surface area (Å²) in [6, 6.07) is 0. The highest BCUT2D eigenvalue weighted by atomic mass is 16.5. The molecule has 0 aliphatic heterocycles. The number of rotatable bonds is 7. The van der Waals surface area contributed by atoms with Crippen molar-refractivity contribution < 1.29 is 19.4 Å². The standard InChI is InChI=1S/C9H16O4/c1-3-5-12-6-8(10)7-13-9(11)4-2/h4,8,10H,2-3,5-7H2,1H3.